The zero-order valence-corrected chi connectivity index (χ0v) is 10.3. The summed E-state index contributed by atoms with van der Waals surface area (Å²) in [6, 6.07) is 10.6. The van der Waals surface area contributed by atoms with Gasteiger partial charge in [0.15, 0.2) is 11.5 Å². The number of aromatic nitrogens is 3. The first-order valence-electron chi connectivity index (χ1n) is 5.04. The van der Waals surface area contributed by atoms with Crippen LogP contribution in [0.1, 0.15) is 0 Å². The second kappa shape index (κ2) is 3.85. The van der Waals surface area contributed by atoms with Crippen LogP contribution < -0.4 is 0 Å². The van der Waals surface area contributed by atoms with Gasteiger partial charge < -0.3 is 5.11 Å². The molecule has 3 aromatic rings. The first kappa shape index (κ1) is 10.3. The number of phenols is 1. The number of pyridine rings is 1. The second-order valence-corrected chi connectivity index (χ2v) is 4.55. The molecule has 2 heterocycles. The summed E-state index contributed by atoms with van der Waals surface area (Å²) in [5.41, 5.74) is 1.67. The number of fused-ring (bicyclic) bond motifs is 1. The maximum Gasteiger partial charge on any atom is 0.182 e. The first-order valence-corrected chi connectivity index (χ1v) is 5.83. The van der Waals surface area contributed by atoms with Gasteiger partial charge in [0.1, 0.15) is 5.75 Å². The molecule has 0 fully saturated rings. The van der Waals surface area contributed by atoms with Gasteiger partial charge in [0, 0.05) is 16.2 Å². The molecule has 0 amide bonds. The van der Waals surface area contributed by atoms with E-state index in [1.54, 1.807) is 28.8 Å². The topological polar surface area (TPSA) is 50.4 Å². The number of phenolic OH excluding ortho intramolecular Hbond substituents is 1. The van der Waals surface area contributed by atoms with Gasteiger partial charge in [-0.1, -0.05) is 0 Å². The predicted molar refractivity (Wildman–Crippen MR) is 67.8 cm³/mol. The van der Waals surface area contributed by atoms with Crippen molar-refractivity contribution in [3.63, 3.8) is 0 Å². The number of hydrogen-bond acceptors (Lipinski definition) is 3. The van der Waals surface area contributed by atoms with Crippen LogP contribution in [0.3, 0.4) is 0 Å². The molecule has 4 nitrogen and oxygen atoms in total. The van der Waals surface area contributed by atoms with Crippen LogP contribution >= 0.6 is 15.9 Å². The van der Waals surface area contributed by atoms with Crippen molar-refractivity contribution >= 4 is 21.6 Å². The van der Waals surface area contributed by atoms with Crippen molar-refractivity contribution in [2.45, 2.75) is 0 Å². The monoisotopic (exact) mass is 289 g/mol. The summed E-state index contributed by atoms with van der Waals surface area (Å²) in [4.78, 5) is 4.40. The highest BCUT2D eigenvalue weighted by Gasteiger charge is 2.06. The lowest BCUT2D eigenvalue weighted by Crippen LogP contribution is -1.86. The van der Waals surface area contributed by atoms with Crippen LogP contribution in [-0.4, -0.2) is 19.7 Å². The molecule has 0 saturated carbocycles. The smallest absolute Gasteiger partial charge is 0.182 e. The Balaban J connectivity index is 2.14. The van der Waals surface area contributed by atoms with E-state index in [2.05, 4.69) is 26.0 Å². The normalized spacial score (nSPS) is 10.9. The van der Waals surface area contributed by atoms with Gasteiger partial charge >= 0.3 is 0 Å². The van der Waals surface area contributed by atoms with E-state index in [0.29, 0.717) is 5.82 Å². The Labute approximate surface area is 106 Å². The van der Waals surface area contributed by atoms with Crippen molar-refractivity contribution in [2.24, 2.45) is 0 Å². The minimum Gasteiger partial charge on any atom is -0.508 e. The van der Waals surface area contributed by atoms with Crippen molar-refractivity contribution in [2.75, 3.05) is 0 Å². The quantitative estimate of drug-likeness (QED) is 0.749. The summed E-state index contributed by atoms with van der Waals surface area (Å²) in [5, 5.41) is 13.6. The van der Waals surface area contributed by atoms with E-state index < -0.39 is 0 Å². The van der Waals surface area contributed by atoms with Gasteiger partial charge in [-0.25, -0.2) is 9.50 Å². The lowest BCUT2D eigenvalue weighted by molar-refractivity contribution is 0.475. The largest absolute Gasteiger partial charge is 0.508 e. The molecular weight excluding hydrogens is 282 g/mol. The molecule has 0 spiro atoms. The summed E-state index contributed by atoms with van der Waals surface area (Å²) < 4.78 is 2.67. The van der Waals surface area contributed by atoms with E-state index in [9.17, 15) is 5.11 Å². The number of hydrogen-bond donors (Lipinski definition) is 1. The van der Waals surface area contributed by atoms with Crippen molar-refractivity contribution < 1.29 is 5.11 Å². The van der Waals surface area contributed by atoms with Crippen molar-refractivity contribution in [1.29, 1.82) is 0 Å². The van der Waals surface area contributed by atoms with Crippen LogP contribution in [0.25, 0.3) is 17.0 Å². The summed E-state index contributed by atoms with van der Waals surface area (Å²) in [6.45, 7) is 0. The van der Waals surface area contributed by atoms with Crippen LogP contribution in [-0.2, 0) is 0 Å². The Morgan fingerprint density at radius 2 is 1.82 bits per heavy atom. The molecule has 0 unspecified atom stereocenters. The lowest BCUT2D eigenvalue weighted by atomic mass is 10.2. The third kappa shape index (κ3) is 1.89. The van der Waals surface area contributed by atoms with E-state index in [1.807, 2.05) is 18.3 Å². The summed E-state index contributed by atoms with van der Waals surface area (Å²) >= 11 is 3.39. The highest BCUT2D eigenvalue weighted by atomic mass is 79.9. The maximum atomic E-state index is 9.23. The van der Waals surface area contributed by atoms with Crippen molar-refractivity contribution in [3.05, 3.63) is 47.1 Å². The fraction of sp³-hybridized carbons (Fsp3) is 0. The average molecular weight is 290 g/mol. The van der Waals surface area contributed by atoms with Crippen LogP contribution in [0.15, 0.2) is 47.1 Å². The molecule has 17 heavy (non-hydrogen) atoms. The predicted octanol–water partition coefficient (Wildman–Crippen LogP) is 2.86. The zero-order chi connectivity index (χ0) is 11.8. The molecule has 3 rings (SSSR count). The molecule has 0 aliphatic rings. The number of benzene rings is 1. The summed E-state index contributed by atoms with van der Waals surface area (Å²) in [5.74, 6) is 0.878. The minimum absolute atomic E-state index is 0.236. The van der Waals surface area contributed by atoms with Gasteiger partial charge in [-0.2, -0.15) is 0 Å². The Kier molecular flexibility index (Phi) is 2.33. The standard InChI is InChI=1S/C12H8BrN3O/c13-9-3-6-11-14-12(15-16(11)7-9)8-1-4-10(17)5-2-8/h1-7,17H. The Morgan fingerprint density at radius 3 is 2.59 bits per heavy atom. The van der Waals surface area contributed by atoms with Crippen molar-refractivity contribution in [3.8, 4) is 17.1 Å². The lowest BCUT2D eigenvalue weighted by Gasteiger charge is -1.94. The molecule has 1 N–H and O–H groups in total. The SMILES string of the molecule is Oc1ccc(-c2nc3ccc(Br)cn3n2)cc1. The fourth-order valence-corrected chi connectivity index (χ4v) is 1.92. The molecule has 0 atom stereocenters. The Hall–Kier alpha value is -1.88. The van der Waals surface area contributed by atoms with Crippen LogP contribution in [0.4, 0.5) is 0 Å². The Bertz CT molecular complexity index is 676. The number of rotatable bonds is 1. The Morgan fingerprint density at radius 1 is 1.06 bits per heavy atom. The number of nitrogens with zero attached hydrogens (tertiary/aromatic N) is 3. The summed E-state index contributed by atoms with van der Waals surface area (Å²) in [6.07, 6.45) is 1.85. The minimum atomic E-state index is 0.236. The third-order valence-electron chi connectivity index (χ3n) is 2.42. The van der Waals surface area contributed by atoms with Gasteiger partial charge in [0.25, 0.3) is 0 Å². The van der Waals surface area contributed by atoms with Gasteiger partial charge in [-0.05, 0) is 52.3 Å². The van der Waals surface area contributed by atoms with E-state index >= 15 is 0 Å². The molecular formula is C12H8BrN3O. The van der Waals surface area contributed by atoms with Crippen LogP contribution in [0, 0.1) is 0 Å². The summed E-state index contributed by atoms with van der Waals surface area (Å²) in [7, 11) is 0. The van der Waals surface area contributed by atoms with E-state index in [4.69, 9.17) is 0 Å². The molecule has 0 aliphatic heterocycles. The fourth-order valence-electron chi connectivity index (χ4n) is 1.59. The van der Waals surface area contributed by atoms with E-state index in [-0.39, 0.29) is 5.75 Å². The van der Waals surface area contributed by atoms with Gasteiger partial charge in [-0.3, -0.25) is 0 Å². The second-order valence-electron chi connectivity index (χ2n) is 3.63. The van der Waals surface area contributed by atoms with Crippen LogP contribution in [0.2, 0.25) is 0 Å². The van der Waals surface area contributed by atoms with Gasteiger partial charge in [0.05, 0.1) is 0 Å². The number of aromatic hydroxyl groups is 1. The number of halogens is 1. The molecule has 1 aromatic carbocycles. The van der Waals surface area contributed by atoms with Gasteiger partial charge in [-0.15, -0.1) is 5.10 Å². The first-order chi connectivity index (χ1) is 8.22. The van der Waals surface area contributed by atoms with E-state index in [1.165, 1.54) is 0 Å². The highest BCUT2D eigenvalue weighted by Crippen LogP contribution is 2.20. The molecule has 0 bridgehead atoms. The maximum absolute atomic E-state index is 9.23. The van der Waals surface area contributed by atoms with E-state index in [0.717, 1.165) is 15.7 Å². The molecule has 0 radical (unpaired) electrons. The molecule has 2 aromatic heterocycles. The molecule has 5 heteroatoms. The highest BCUT2D eigenvalue weighted by molar-refractivity contribution is 9.10. The molecule has 84 valence electrons. The van der Waals surface area contributed by atoms with Crippen LogP contribution in [0.5, 0.6) is 5.75 Å². The van der Waals surface area contributed by atoms with Crippen molar-refractivity contribution in [1.82, 2.24) is 14.6 Å². The zero-order valence-electron chi connectivity index (χ0n) is 8.71. The molecule has 0 saturated heterocycles. The molecule has 0 aliphatic carbocycles. The average Bonchev–Trinajstić information content (AvgIpc) is 2.72. The van der Waals surface area contributed by atoms with Gasteiger partial charge in [0.2, 0.25) is 0 Å². The third-order valence-corrected chi connectivity index (χ3v) is 2.89.